The molecule has 130 valence electrons. The number of benzene rings is 2. The molecule has 0 saturated carbocycles. The number of carbonyl (C=O) groups is 1. The first-order valence-corrected chi connectivity index (χ1v) is 8.64. The Bertz CT molecular complexity index is 760. The van der Waals surface area contributed by atoms with Crippen LogP contribution in [0.15, 0.2) is 54.6 Å². The van der Waals surface area contributed by atoms with Gasteiger partial charge in [-0.25, -0.2) is 0 Å². The first-order valence-electron chi connectivity index (χ1n) is 7.86. The molecule has 1 amide bonds. The lowest BCUT2D eigenvalue weighted by Crippen LogP contribution is -2.32. The van der Waals surface area contributed by atoms with Gasteiger partial charge in [-0.3, -0.25) is 10.1 Å². The van der Waals surface area contributed by atoms with Gasteiger partial charge < -0.3 is 10.1 Å². The van der Waals surface area contributed by atoms with E-state index < -0.39 is 0 Å². The smallest absolute Gasteiger partial charge is 0.250 e. The standard InChI is InChI=1S/C19H19ClN2O2S/c1-2-13-24-16-10-8-15(9-11-16)21-19(25)22-18(23)12-7-14-5-3-4-6-17(14)20/h3-12H,2,13H2,1H3,(H2,21,22,23,25). The van der Waals surface area contributed by atoms with Crippen molar-refractivity contribution in [1.82, 2.24) is 5.32 Å². The van der Waals surface area contributed by atoms with Gasteiger partial charge >= 0.3 is 0 Å². The zero-order valence-electron chi connectivity index (χ0n) is 13.8. The van der Waals surface area contributed by atoms with Crippen molar-refractivity contribution in [1.29, 1.82) is 0 Å². The van der Waals surface area contributed by atoms with Gasteiger partial charge in [0.15, 0.2) is 5.11 Å². The number of ether oxygens (including phenoxy) is 1. The summed E-state index contributed by atoms with van der Waals surface area (Å²) in [5, 5.41) is 6.34. The van der Waals surface area contributed by atoms with Crippen LogP contribution in [0, 0.1) is 0 Å². The second kappa shape index (κ2) is 9.81. The van der Waals surface area contributed by atoms with Crippen LogP contribution in [-0.2, 0) is 4.79 Å². The minimum Gasteiger partial charge on any atom is -0.494 e. The molecule has 0 aliphatic carbocycles. The Hall–Kier alpha value is -2.37. The van der Waals surface area contributed by atoms with Gasteiger partial charge in [0, 0.05) is 16.8 Å². The number of nitrogens with one attached hydrogen (secondary N) is 2. The number of hydrogen-bond donors (Lipinski definition) is 2. The largest absolute Gasteiger partial charge is 0.494 e. The van der Waals surface area contributed by atoms with Crippen molar-refractivity contribution in [2.24, 2.45) is 0 Å². The fourth-order valence-electron chi connectivity index (χ4n) is 1.95. The molecular weight excluding hydrogens is 356 g/mol. The molecule has 2 aromatic carbocycles. The average Bonchev–Trinajstić information content (AvgIpc) is 2.60. The van der Waals surface area contributed by atoms with Gasteiger partial charge in [-0.1, -0.05) is 36.7 Å². The minimum atomic E-state index is -0.333. The second-order valence-corrected chi connectivity index (χ2v) is 5.99. The normalized spacial score (nSPS) is 10.5. The fourth-order valence-corrected chi connectivity index (χ4v) is 2.36. The molecule has 0 radical (unpaired) electrons. The monoisotopic (exact) mass is 374 g/mol. The highest BCUT2D eigenvalue weighted by Gasteiger charge is 2.03. The summed E-state index contributed by atoms with van der Waals surface area (Å²) in [4.78, 5) is 11.9. The summed E-state index contributed by atoms with van der Waals surface area (Å²) in [6.45, 7) is 2.73. The molecule has 0 heterocycles. The highest BCUT2D eigenvalue weighted by atomic mass is 35.5. The van der Waals surface area contributed by atoms with Crippen molar-refractivity contribution in [2.45, 2.75) is 13.3 Å². The molecule has 25 heavy (non-hydrogen) atoms. The lowest BCUT2D eigenvalue weighted by Gasteiger charge is -2.09. The van der Waals surface area contributed by atoms with E-state index in [0.29, 0.717) is 11.6 Å². The van der Waals surface area contributed by atoms with E-state index in [1.807, 2.05) is 42.5 Å². The van der Waals surface area contributed by atoms with Crippen molar-refractivity contribution >= 4 is 46.6 Å². The SMILES string of the molecule is CCCOc1ccc(NC(=S)NC(=O)C=Cc2ccccc2Cl)cc1. The van der Waals surface area contributed by atoms with Crippen molar-refractivity contribution in [2.75, 3.05) is 11.9 Å². The zero-order chi connectivity index (χ0) is 18.1. The predicted octanol–water partition coefficient (Wildman–Crippen LogP) is 4.66. The van der Waals surface area contributed by atoms with E-state index in [2.05, 4.69) is 17.6 Å². The number of halogens is 1. The van der Waals surface area contributed by atoms with Crippen molar-refractivity contribution in [3.63, 3.8) is 0 Å². The number of thiocarbonyl (C=S) groups is 1. The summed E-state index contributed by atoms with van der Waals surface area (Å²) < 4.78 is 5.51. The third-order valence-corrected chi connectivity index (χ3v) is 3.69. The van der Waals surface area contributed by atoms with E-state index in [1.165, 1.54) is 6.08 Å². The van der Waals surface area contributed by atoms with Gasteiger partial charge in [-0.05, 0) is 60.6 Å². The van der Waals surface area contributed by atoms with Gasteiger partial charge in [0.1, 0.15) is 5.75 Å². The third-order valence-electron chi connectivity index (χ3n) is 3.14. The maximum absolute atomic E-state index is 11.9. The van der Waals surface area contributed by atoms with Crippen LogP contribution in [0.1, 0.15) is 18.9 Å². The molecule has 6 heteroatoms. The van der Waals surface area contributed by atoms with E-state index in [-0.39, 0.29) is 11.0 Å². The summed E-state index contributed by atoms with van der Waals surface area (Å²) in [7, 11) is 0. The van der Waals surface area contributed by atoms with Gasteiger partial charge in [-0.2, -0.15) is 0 Å². The van der Waals surface area contributed by atoms with Crippen LogP contribution >= 0.6 is 23.8 Å². The number of carbonyl (C=O) groups excluding carboxylic acids is 1. The number of rotatable bonds is 6. The number of amides is 1. The molecule has 0 aliphatic heterocycles. The van der Waals surface area contributed by atoms with Gasteiger partial charge in [0.25, 0.3) is 0 Å². The molecule has 0 bridgehead atoms. The molecule has 2 aromatic rings. The number of anilines is 1. The highest BCUT2D eigenvalue weighted by Crippen LogP contribution is 2.17. The molecule has 2 N–H and O–H groups in total. The summed E-state index contributed by atoms with van der Waals surface area (Å²) in [5.41, 5.74) is 1.53. The van der Waals surface area contributed by atoms with Crippen molar-refractivity contribution in [3.8, 4) is 5.75 Å². The highest BCUT2D eigenvalue weighted by molar-refractivity contribution is 7.80. The van der Waals surface area contributed by atoms with Gasteiger partial charge in [0.05, 0.1) is 6.61 Å². The molecule has 0 aliphatic rings. The fraction of sp³-hybridized carbons (Fsp3) is 0.158. The molecule has 0 atom stereocenters. The molecule has 4 nitrogen and oxygen atoms in total. The topological polar surface area (TPSA) is 50.4 Å². The van der Waals surface area contributed by atoms with Crippen LogP contribution in [-0.4, -0.2) is 17.6 Å². The van der Waals surface area contributed by atoms with E-state index in [4.69, 9.17) is 28.6 Å². The van der Waals surface area contributed by atoms with Crippen molar-refractivity contribution in [3.05, 3.63) is 65.2 Å². The lowest BCUT2D eigenvalue weighted by molar-refractivity contribution is -0.115. The molecule has 0 saturated heterocycles. The third kappa shape index (κ3) is 6.57. The van der Waals surface area contributed by atoms with Gasteiger partial charge in [-0.15, -0.1) is 0 Å². The van der Waals surface area contributed by atoms with Gasteiger partial charge in [0.2, 0.25) is 5.91 Å². The van der Waals surface area contributed by atoms with Crippen LogP contribution in [0.3, 0.4) is 0 Å². The lowest BCUT2D eigenvalue weighted by atomic mass is 10.2. The van der Waals surface area contributed by atoms with Crippen LogP contribution in [0.2, 0.25) is 5.02 Å². The Morgan fingerprint density at radius 1 is 1.20 bits per heavy atom. The summed E-state index contributed by atoms with van der Waals surface area (Å²) in [6.07, 6.45) is 3.98. The van der Waals surface area contributed by atoms with E-state index in [0.717, 1.165) is 23.4 Å². The molecule has 0 unspecified atom stereocenters. The van der Waals surface area contributed by atoms with E-state index in [1.54, 1.807) is 12.1 Å². The summed E-state index contributed by atoms with van der Waals surface area (Å²) >= 11 is 11.2. The maximum atomic E-state index is 11.9. The predicted molar refractivity (Wildman–Crippen MR) is 107 cm³/mol. The second-order valence-electron chi connectivity index (χ2n) is 5.17. The summed E-state index contributed by atoms with van der Waals surface area (Å²) in [6, 6.07) is 14.6. The zero-order valence-corrected chi connectivity index (χ0v) is 15.4. The Kier molecular flexibility index (Phi) is 7.44. The van der Waals surface area contributed by atoms with E-state index >= 15 is 0 Å². The van der Waals surface area contributed by atoms with Crippen LogP contribution < -0.4 is 15.4 Å². The minimum absolute atomic E-state index is 0.219. The molecule has 0 aromatic heterocycles. The molecule has 0 fully saturated rings. The molecule has 0 spiro atoms. The average molecular weight is 375 g/mol. The quantitative estimate of drug-likeness (QED) is 0.570. The Morgan fingerprint density at radius 2 is 1.92 bits per heavy atom. The molecule has 2 rings (SSSR count). The first kappa shape index (κ1) is 19.0. The van der Waals surface area contributed by atoms with Crippen LogP contribution in [0.25, 0.3) is 6.08 Å². The van der Waals surface area contributed by atoms with Crippen LogP contribution in [0.5, 0.6) is 5.75 Å². The van der Waals surface area contributed by atoms with Crippen molar-refractivity contribution < 1.29 is 9.53 Å². The molecular formula is C19H19ClN2O2S. The maximum Gasteiger partial charge on any atom is 0.250 e. The van der Waals surface area contributed by atoms with E-state index in [9.17, 15) is 4.79 Å². The van der Waals surface area contributed by atoms with Crippen LogP contribution in [0.4, 0.5) is 5.69 Å². The Morgan fingerprint density at radius 3 is 2.60 bits per heavy atom. The summed E-state index contributed by atoms with van der Waals surface area (Å²) in [5.74, 6) is 0.463. The number of hydrogen-bond acceptors (Lipinski definition) is 3. The Labute approximate surface area is 157 Å². The Balaban J connectivity index is 1.85. The first-order chi connectivity index (χ1) is 12.1.